The molecule has 1 aliphatic heterocycles. The third kappa shape index (κ3) is 6.42. The van der Waals surface area contributed by atoms with Gasteiger partial charge in [-0.1, -0.05) is 29.3 Å². The number of hydrogen-bond acceptors (Lipinski definition) is 6. The molecular formula is C20H16Cl2F3N3O5. The molecule has 13 heteroatoms. The summed E-state index contributed by atoms with van der Waals surface area (Å²) in [6, 6.07) is 8.51. The number of carbonyl (C=O) groups is 3. The number of amides is 1. The molecule has 176 valence electrons. The van der Waals surface area contributed by atoms with E-state index in [1.807, 2.05) is 6.07 Å². The number of aromatic nitrogens is 1. The summed E-state index contributed by atoms with van der Waals surface area (Å²) in [4.78, 5) is 38.3. The standard InChI is InChI=1S/C18H15Cl2N3O3.C2HF3O2/c1-10-16(24)15(18(25)23(2)22-10)14-12(19)6-7-13(20)17(14)26-9-11-5-3-4-8-21-11;3-2(4,5)1(6)7/h3-8,15H,9H2,1-2H3;(H,6,7). The van der Waals surface area contributed by atoms with Gasteiger partial charge in [0, 0.05) is 23.8 Å². The molecule has 0 fully saturated rings. The summed E-state index contributed by atoms with van der Waals surface area (Å²) in [7, 11) is 1.48. The van der Waals surface area contributed by atoms with Crippen LogP contribution in [0.3, 0.4) is 0 Å². The smallest absolute Gasteiger partial charge is 0.485 e. The van der Waals surface area contributed by atoms with Crippen LogP contribution in [-0.2, 0) is 21.0 Å². The lowest BCUT2D eigenvalue weighted by Crippen LogP contribution is -2.41. The van der Waals surface area contributed by atoms with E-state index in [9.17, 15) is 22.8 Å². The third-order valence-electron chi connectivity index (χ3n) is 4.20. The molecule has 0 saturated heterocycles. The number of ether oxygens (including phenoxy) is 1. The number of Topliss-reactive ketones (excluding diaryl/α,β-unsaturated/α-hetero) is 1. The maximum Gasteiger partial charge on any atom is 0.490 e. The molecule has 1 aromatic heterocycles. The Bertz CT molecular complexity index is 1090. The summed E-state index contributed by atoms with van der Waals surface area (Å²) in [6.07, 6.45) is -3.44. The fraction of sp³-hybridized carbons (Fsp3) is 0.250. The monoisotopic (exact) mass is 505 g/mol. The van der Waals surface area contributed by atoms with Crippen molar-refractivity contribution in [3.05, 3.63) is 57.8 Å². The van der Waals surface area contributed by atoms with E-state index in [0.717, 1.165) is 5.01 Å². The highest BCUT2D eigenvalue weighted by Crippen LogP contribution is 2.41. The van der Waals surface area contributed by atoms with Gasteiger partial charge in [-0.05, 0) is 31.2 Å². The number of benzene rings is 1. The molecule has 1 N–H and O–H groups in total. The zero-order valence-electron chi connectivity index (χ0n) is 17.1. The van der Waals surface area contributed by atoms with E-state index >= 15 is 0 Å². The van der Waals surface area contributed by atoms with Crippen molar-refractivity contribution in [3.63, 3.8) is 0 Å². The van der Waals surface area contributed by atoms with Crippen molar-refractivity contribution in [1.29, 1.82) is 0 Å². The Hall–Kier alpha value is -3.18. The van der Waals surface area contributed by atoms with Crippen LogP contribution < -0.4 is 4.74 Å². The van der Waals surface area contributed by atoms with E-state index in [4.69, 9.17) is 37.8 Å². The summed E-state index contributed by atoms with van der Waals surface area (Å²) in [6.45, 7) is 1.66. The molecule has 1 aliphatic rings. The Morgan fingerprint density at radius 2 is 1.79 bits per heavy atom. The van der Waals surface area contributed by atoms with Gasteiger partial charge in [-0.2, -0.15) is 18.3 Å². The molecule has 1 atom stereocenters. The van der Waals surface area contributed by atoms with Crippen LogP contribution in [0.5, 0.6) is 5.75 Å². The molecule has 0 saturated carbocycles. The van der Waals surface area contributed by atoms with Crippen LogP contribution in [0.15, 0.2) is 41.6 Å². The largest absolute Gasteiger partial charge is 0.490 e. The van der Waals surface area contributed by atoms with Crippen LogP contribution in [0.2, 0.25) is 10.0 Å². The molecule has 0 radical (unpaired) electrons. The first kappa shape index (κ1) is 26.1. The Labute approximate surface area is 195 Å². The molecule has 0 bridgehead atoms. The van der Waals surface area contributed by atoms with E-state index in [0.29, 0.717) is 5.69 Å². The van der Waals surface area contributed by atoms with E-state index < -0.39 is 29.8 Å². The fourth-order valence-corrected chi connectivity index (χ4v) is 3.16. The van der Waals surface area contributed by atoms with Crippen molar-refractivity contribution in [3.8, 4) is 5.75 Å². The predicted molar refractivity (Wildman–Crippen MR) is 112 cm³/mol. The number of likely N-dealkylation sites (N-methyl/N-ethyl adjacent to an activating group) is 1. The average Bonchev–Trinajstić information content (AvgIpc) is 2.74. The summed E-state index contributed by atoms with van der Waals surface area (Å²) in [5.41, 5.74) is 1.13. The van der Waals surface area contributed by atoms with Crippen LogP contribution >= 0.6 is 23.2 Å². The Balaban J connectivity index is 0.000000479. The lowest BCUT2D eigenvalue weighted by molar-refractivity contribution is -0.192. The minimum absolute atomic E-state index is 0.117. The maximum absolute atomic E-state index is 12.6. The summed E-state index contributed by atoms with van der Waals surface area (Å²) < 4.78 is 37.5. The molecular weight excluding hydrogens is 490 g/mol. The summed E-state index contributed by atoms with van der Waals surface area (Å²) >= 11 is 12.6. The molecule has 2 aromatic rings. The number of hydrogen-bond donors (Lipinski definition) is 1. The zero-order valence-corrected chi connectivity index (χ0v) is 18.6. The van der Waals surface area contributed by atoms with Crippen molar-refractivity contribution in [1.82, 2.24) is 9.99 Å². The van der Waals surface area contributed by atoms with Crippen molar-refractivity contribution in [2.24, 2.45) is 5.10 Å². The number of alkyl halides is 3. The van der Waals surface area contributed by atoms with Gasteiger partial charge in [0.25, 0.3) is 5.91 Å². The van der Waals surface area contributed by atoms with Crippen molar-refractivity contribution in [2.75, 3.05) is 7.05 Å². The van der Waals surface area contributed by atoms with Gasteiger partial charge in [0.1, 0.15) is 24.0 Å². The number of carboxylic acid groups (broad SMARTS) is 1. The number of halogens is 5. The quantitative estimate of drug-likeness (QED) is 0.626. The van der Waals surface area contributed by atoms with Crippen molar-refractivity contribution in [2.45, 2.75) is 25.6 Å². The first-order valence-electron chi connectivity index (χ1n) is 9.02. The van der Waals surface area contributed by atoms with Gasteiger partial charge in [0.05, 0.1) is 10.7 Å². The van der Waals surface area contributed by atoms with Gasteiger partial charge in [0.2, 0.25) is 0 Å². The van der Waals surface area contributed by atoms with Gasteiger partial charge in [-0.25, -0.2) is 9.80 Å². The van der Waals surface area contributed by atoms with Gasteiger partial charge in [0.15, 0.2) is 5.78 Å². The molecule has 1 amide bonds. The zero-order chi connectivity index (χ0) is 24.9. The minimum atomic E-state index is -5.08. The third-order valence-corrected chi connectivity index (χ3v) is 4.83. The predicted octanol–water partition coefficient (Wildman–Crippen LogP) is 4.10. The number of nitrogens with zero attached hydrogens (tertiary/aromatic N) is 3. The van der Waals surface area contributed by atoms with Crippen LogP contribution in [-0.4, -0.2) is 51.7 Å². The highest BCUT2D eigenvalue weighted by atomic mass is 35.5. The maximum atomic E-state index is 12.6. The number of ketones is 1. The van der Waals surface area contributed by atoms with E-state index in [1.165, 1.54) is 13.1 Å². The number of carboxylic acids is 1. The van der Waals surface area contributed by atoms with Gasteiger partial charge >= 0.3 is 12.1 Å². The molecule has 0 aliphatic carbocycles. The van der Waals surface area contributed by atoms with Gasteiger partial charge in [-0.3, -0.25) is 14.6 Å². The molecule has 0 spiro atoms. The van der Waals surface area contributed by atoms with Crippen molar-refractivity contribution >= 4 is 46.6 Å². The normalized spacial score (nSPS) is 16.0. The first-order valence-corrected chi connectivity index (χ1v) is 9.77. The SMILES string of the molecule is CC1=NN(C)C(=O)C(c2c(Cl)ccc(Cl)c2OCc2ccccn2)C1=O.O=C(O)C(F)(F)F. The molecule has 1 unspecified atom stereocenters. The highest BCUT2D eigenvalue weighted by Gasteiger charge is 2.40. The number of rotatable bonds is 4. The second-order valence-electron chi connectivity index (χ2n) is 6.53. The van der Waals surface area contributed by atoms with Crippen LogP contribution in [0, 0.1) is 0 Å². The van der Waals surface area contributed by atoms with E-state index in [2.05, 4.69) is 10.1 Å². The number of carbonyl (C=O) groups excluding carboxylic acids is 2. The minimum Gasteiger partial charge on any atom is -0.485 e. The van der Waals surface area contributed by atoms with Crippen LogP contribution in [0.1, 0.15) is 24.1 Å². The first-order chi connectivity index (χ1) is 15.3. The second kappa shape index (κ2) is 10.6. The average molecular weight is 506 g/mol. The Morgan fingerprint density at radius 3 is 2.33 bits per heavy atom. The second-order valence-corrected chi connectivity index (χ2v) is 7.34. The summed E-state index contributed by atoms with van der Waals surface area (Å²) in [5, 5.41) is 12.6. The lowest BCUT2D eigenvalue weighted by atomic mass is 9.89. The number of hydrazone groups is 1. The van der Waals surface area contributed by atoms with E-state index in [1.54, 1.807) is 31.3 Å². The van der Waals surface area contributed by atoms with Crippen LogP contribution in [0.4, 0.5) is 13.2 Å². The molecule has 1 aromatic carbocycles. The topological polar surface area (TPSA) is 109 Å². The Kier molecular flexibility index (Phi) is 8.39. The highest BCUT2D eigenvalue weighted by molar-refractivity contribution is 6.47. The van der Waals surface area contributed by atoms with E-state index in [-0.39, 0.29) is 33.7 Å². The van der Waals surface area contributed by atoms with Crippen LogP contribution in [0.25, 0.3) is 0 Å². The fourth-order valence-electron chi connectivity index (χ4n) is 2.68. The Morgan fingerprint density at radius 1 is 1.18 bits per heavy atom. The molecule has 2 heterocycles. The lowest BCUT2D eigenvalue weighted by Gasteiger charge is -2.27. The molecule has 33 heavy (non-hydrogen) atoms. The summed E-state index contributed by atoms with van der Waals surface area (Å²) in [5.74, 6) is -4.64. The molecule has 8 nitrogen and oxygen atoms in total. The van der Waals surface area contributed by atoms with Crippen molar-refractivity contribution < 1.29 is 37.4 Å². The van der Waals surface area contributed by atoms with Gasteiger partial charge in [-0.15, -0.1) is 0 Å². The number of aliphatic carboxylic acids is 1. The van der Waals surface area contributed by atoms with Gasteiger partial charge < -0.3 is 9.84 Å². The molecule has 3 rings (SSSR count). The number of pyridine rings is 1.